The van der Waals surface area contributed by atoms with Crippen molar-refractivity contribution in [3.8, 4) is 11.3 Å². The van der Waals surface area contributed by atoms with Crippen molar-refractivity contribution < 1.29 is 9.59 Å². The lowest BCUT2D eigenvalue weighted by molar-refractivity contribution is -0.130. The van der Waals surface area contributed by atoms with Crippen LogP contribution in [0.1, 0.15) is 19.4 Å². The highest BCUT2D eigenvalue weighted by Crippen LogP contribution is 2.24. The van der Waals surface area contributed by atoms with Crippen LogP contribution in [0.2, 0.25) is 0 Å². The lowest BCUT2D eigenvalue weighted by Gasteiger charge is -2.17. The lowest BCUT2D eigenvalue weighted by atomic mass is 10.1. The number of urea groups is 1. The van der Waals surface area contributed by atoms with E-state index in [4.69, 9.17) is 0 Å². The Balaban J connectivity index is 1.86. The number of nitrogens with one attached hydrogen (secondary N) is 1. The Hall–Kier alpha value is -2.41. The van der Waals surface area contributed by atoms with Crippen molar-refractivity contribution in [2.75, 3.05) is 6.54 Å². The quantitative estimate of drug-likeness (QED) is 0.864. The molecule has 3 amide bonds. The first-order valence-corrected chi connectivity index (χ1v) is 8.57. The Bertz CT molecular complexity index is 866. The Morgan fingerprint density at radius 3 is 2.46 bits per heavy atom. The first-order valence-electron chi connectivity index (χ1n) is 7.70. The second kappa shape index (κ2) is 5.90. The highest BCUT2D eigenvalue weighted by atomic mass is 32.1. The Morgan fingerprint density at radius 1 is 1.12 bits per heavy atom. The molecule has 1 fully saturated rings. The van der Waals surface area contributed by atoms with Crippen LogP contribution in [-0.2, 0) is 11.3 Å². The molecule has 24 heavy (non-hydrogen) atoms. The summed E-state index contributed by atoms with van der Waals surface area (Å²) in [5.41, 5.74) is 1.97. The van der Waals surface area contributed by atoms with E-state index in [0.717, 1.165) is 28.2 Å². The lowest BCUT2D eigenvalue weighted by Crippen LogP contribution is -2.40. The zero-order valence-corrected chi connectivity index (χ0v) is 14.6. The van der Waals surface area contributed by atoms with E-state index >= 15 is 0 Å². The Kier molecular flexibility index (Phi) is 4.04. The highest BCUT2D eigenvalue weighted by Gasteiger charge is 2.43. The predicted molar refractivity (Wildman–Crippen MR) is 93.1 cm³/mol. The van der Waals surface area contributed by atoms with Gasteiger partial charge >= 0.3 is 10.9 Å². The zero-order chi connectivity index (χ0) is 17.5. The van der Waals surface area contributed by atoms with Gasteiger partial charge in [-0.2, -0.15) is 0 Å². The summed E-state index contributed by atoms with van der Waals surface area (Å²) in [7, 11) is 0. The van der Waals surface area contributed by atoms with Gasteiger partial charge in [0.25, 0.3) is 5.91 Å². The fourth-order valence-corrected chi connectivity index (χ4v) is 3.62. The standard InChI is InChI=1S/C17H19N3O3S/c1-11-6-4-5-7-12(11)13-10-24-16(23)19(13)8-9-20-14(21)17(2,3)18-15(20)22/h4-7,10H,8-9H2,1-3H3,(H,18,22). The molecule has 2 heterocycles. The summed E-state index contributed by atoms with van der Waals surface area (Å²) in [6.07, 6.45) is 0. The molecule has 6 nitrogen and oxygen atoms in total. The van der Waals surface area contributed by atoms with Crippen molar-refractivity contribution in [1.29, 1.82) is 0 Å². The van der Waals surface area contributed by atoms with E-state index in [-0.39, 0.29) is 23.9 Å². The van der Waals surface area contributed by atoms with Crippen LogP contribution in [0.25, 0.3) is 11.3 Å². The van der Waals surface area contributed by atoms with Crippen LogP contribution in [0.5, 0.6) is 0 Å². The fourth-order valence-electron chi connectivity index (χ4n) is 2.83. The molecule has 3 rings (SSSR count). The molecule has 1 aromatic heterocycles. The number of carbonyl (C=O) groups is 2. The summed E-state index contributed by atoms with van der Waals surface area (Å²) in [6, 6.07) is 7.41. The number of amides is 3. The third kappa shape index (κ3) is 2.75. The first-order chi connectivity index (χ1) is 11.3. The van der Waals surface area contributed by atoms with Gasteiger partial charge in [-0.1, -0.05) is 35.6 Å². The maximum atomic E-state index is 12.2. The SMILES string of the molecule is Cc1ccccc1-c1csc(=O)n1CCN1C(=O)NC(C)(C)C1=O. The maximum Gasteiger partial charge on any atom is 0.325 e. The molecule has 0 atom stereocenters. The minimum atomic E-state index is -0.893. The zero-order valence-electron chi connectivity index (χ0n) is 13.8. The molecule has 7 heteroatoms. The van der Waals surface area contributed by atoms with Gasteiger partial charge in [-0.25, -0.2) is 4.79 Å². The molecule has 0 radical (unpaired) electrons. The van der Waals surface area contributed by atoms with Gasteiger partial charge in [0.05, 0.1) is 5.69 Å². The minimum Gasteiger partial charge on any atom is -0.324 e. The predicted octanol–water partition coefficient (Wildman–Crippen LogP) is 2.22. The van der Waals surface area contributed by atoms with E-state index < -0.39 is 11.6 Å². The molecule has 0 saturated carbocycles. The largest absolute Gasteiger partial charge is 0.325 e. The molecule has 1 aliphatic rings. The number of thiazole rings is 1. The van der Waals surface area contributed by atoms with Gasteiger partial charge in [-0.05, 0) is 26.3 Å². The van der Waals surface area contributed by atoms with Gasteiger partial charge in [-0.3, -0.25) is 19.1 Å². The number of rotatable bonds is 4. The summed E-state index contributed by atoms with van der Waals surface area (Å²) in [5.74, 6) is -0.270. The molecule has 0 aliphatic carbocycles. The number of hydrogen-bond acceptors (Lipinski definition) is 4. The molecule has 126 valence electrons. The maximum absolute atomic E-state index is 12.2. The minimum absolute atomic E-state index is 0.0976. The van der Waals surface area contributed by atoms with Gasteiger partial charge < -0.3 is 5.32 Å². The molecule has 0 unspecified atom stereocenters. The summed E-state index contributed by atoms with van der Waals surface area (Å²) in [5, 5.41) is 4.47. The number of aromatic nitrogens is 1. The van der Waals surface area contributed by atoms with E-state index in [1.165, 1.54) is 4.90 Å². The average molecular weight is 345 g/mol. The summed E-state index contributed by atoms with van der Waals surface area (Å²) in [6.45, 7) is 5.78. The van der Waals surface area contributed by atoms with Gasteiger partial charge in [-0.15, -0.1) is 0 Å². The third-order valence-corrected chi connectivity index (χ3v) is 4.96. The highest BCUT2D eigenvalue weighted by molar-refractivity contribution is 7.07. The fraction of sp³-hybridized carbons (Fsp3) is 0.353. The number of carbonyl (C=O) groups excluding carboxylic acids is 2. The molecule has 0 bridgehead atoms. The first kappa shape index (κ1) is 16.4. The molecular formula is C17H19N3O3S. The van der Waals surface area contributed by atoms with Crippen molar-refractivity contribution in [1.82, 2.24) is 14.8 Å². The van der Waals surface area contributed by atoms with Crippen LogP contribution in [0.3, 0.4) is 0 Å². The van der Waals surface area contributed by atoms with Gasteiger partial charge in [0.1, 0.15) is 5.54 Å². The summed E-state index contributed by atoms with van der Waals surface area (Å²) >= 11 is 1.12. The van der Waals surface area contributed by atoms with E-state index in [9.17, 15) is 14.4 Å². The third-order valence-electron chi connectivity index (χ3n) is 4.20. The molecule has 1 N–H and O–H groups in total. The van der Waals surface area contributed by atoms with Crippen molar-refractivity contribution in [3.63, 3.8) is 0 Å². The topological polar surface area (TPSA) is 71.4 Å². The second-order valence-corrected chi connectivity index (χ2v) is 7.19. The molecule has 1 aromatic carbocycles. The molecule has 2 aromatic rings. The molecule has 0 spiro atoms. The van der Waals surface area contributed by atoms with Crippen LogP contribution in [0.15, 0.2) is 34.4 Å². The summed E-state index contributed by atoms with van der Waals surface area (Å²) in [4.78, 5) is 37.5. The van der Waals surface area contributed by atoms with Crippen molar-refractivity contribution in [3.05, 3.63) is 44.9 Å². The van der Waals surface area contributed by atoms with E-state index in [1.54, 1.807) is 18.4 Å². The Morgan fingerprint density at radius 2 is 1.83 bits per heavy atom. The van der Waals surface area contributed by atoms with Crippen molar-refractivity contribution >= 4 is 23.3 Å². The van der Waals surface area contributed by atoms with Crippen LogP contribution < -0.4 is 10.2 Å². The number of nitrogens with zero attached hydrogens (tertiary/aromatic N) is 2. The van der Waals surface area contributed by atoms with Crippen LogP contribution in [0.4, 0.5) is 4.79 Å². The monoisotopic (exact) mass is 345 g/mol. The van der Waals surface area contributed by atoms with Gasteiger partial charge in [0.2, 0.25) is 0 Å². The summed E-state index contributed by atoms with van der Waals surface area (Å²) < 4.78 is 1.62. The van der Waals surface area contributed by atoms with E-state index in [0.29, 0.717) is 0 Å². The average Bonchev–Trinajstić information content (AvgIpc) is 2.96. The molecule has 1 saturated heterocycles. The van der Waals surface area contributed by atoms with E-state index in [1.807, 2.05) is 36.6 Å². The van der Waals surface area contributed by atoms with E-state index in [2.05, 4.69) is 5.32 Å². The number of hydrogen-bond donors (Lipinski definition) is 1. The van der Waals surface area contributed by atoms with Crippen LogP contribution in [0, 0.1) is 6.92 Å². The molecular weight excluding hydrogens is 326 g/mol. The number of imide groups is 1. The normalized spacial score (nSPS) is 16.5. The number of aryl methyl sites for hydroxylation is 1. The van der Waals surface area contributed by atoms with Gasteiger partial charge in [0.15, 0.2) is 0 Å². The second-order valence-electron chi connectivity index (χ2n) is 6.37. The Labute approximate surface area is 143 Å². The smallest absolute Gasteiger partial charge is 0.324 e. The van der Waals surface area contributed by atoms with Crippen molar-refractivity contribution in [2.45, 2.75) is 32.9 Å². The van der Waals surface area contributed by atoms with Gasteiger partial charge in [0, 0.05) is 24.0 Å². The van der Waals surface area contributed by atoms with Crippen LogP contribution in [-0.4, -0.2) is 33.5 Å². The van der Waals surface area contributed by atoms with Crippen LogP contribution >= 0.6 is 11.3 Å². The van der Waals surface area contributed by atoms with Crippen molar-refractivity contribution in [2.24, 2.45) is 0 Å². The molecule has 1 aliphatic heterocycles. The number of benzene rings is 1.